The van der Waals surface area contributed by atoms with E-state index in [9.17, 15) is 4.79 Å². The van der Waals surface area contributed by atoms with Gasteiger partial charge in [-0.15, -0.1) is 35.3 Å². The Morgan fingerprint density at radius 1 is 1.43 bits per heavy atom. The van der Waals surface area contributed by atoms with Gasteiger partial charge in [0.2, 0.25) is 0 Å². The van der Waals surface area contributed by atoms with Crippen LogP contribution in [0.4, 0.5) is 0 Å². The topological polar surface area (TPSA) is 94.1 Å². The summed E-state index contributed by atoms with van der Waals surface area (Å²) in [5, 5.41) is 7.43. The second-order valence-corrected chi connectivity index (χ2v) is 7.91. The van der Waals surface area contributed by atoms with Crippen LogP contribution >= 0.6 is 35.3 Å². The molecular formula is C20H35IN4O4S. The molecule has 172 valence electrons. The van der Waals surface area contributed by atoms with E-state index in [1.807, 2.05) is 20.8 Å². The number of thiazole rings is 1. The molecule has 0 saturated carbocycles. The third kappa shape index (κ3) is 9.03. The van der Waals surface area contributed by atoms with Gasteiger partial charge in [-0.05, 0) is 47.0 Å². The van der Waals surface area contributed by atoms with Crippen LogP contribution in [-0.4, -0.2) is 62.5 Å². The number of guanidine groups is 1. The lowest BCUT2D eigenvalue weighted by molar-refractivity contribution is 0.0171. The van der Waals surface area contributed by atoms with Crippen LogP contribution in [0.1, 0.15) is 66.4 Å². The highest BCUT2D eigenvalue weighted by Gasteiger charge is 2.20. The van der Waals surface area contributed by atoms with E-state index in [2.05, 4.69) is 20.6 Å². The van der Waals surface area contributed by atoms with Gasteiger partial charge >= 0.3 is 5.97 Å². The molecule has 1 aliphatic heterocycles. The van der Waals surface area contributed by atoms with Gasteiger partial charge in [-0.2, -0.15) is 0 Å². The Morgan fingerprint density at radius 3 is 2.90 bits per heavy atom. The van der Waals surface area contributed by atoms with Crippen LogP contribution in [0.2, 0.25) is 0 Å². The summed E-state index contributed by atoms with van der Waals surface area (Å²) in [6.07, 6.45) is 3.34. The van der Waals surface area contributed by atoms with E-state index in [1.54, 1.807) is 6.92 Å². The van der Waals surface area contributed by atoms with Crippen molar-refractivity contribution >= 4 is 47.2 Å². The van der Waals surface area contributed by atoms with Crippen molar-refractivity contribution in [1.82, 2.24) is 15.6 Å². The van der Waals surface area contributed by atoms with Crippen LogP contribution in [0.15, 0.2) is 4.99 Å². The smallest absolute Gasteiger partial charge is 0.350 e. The Balaban J connectivity index is 0.00000450. The van der Waals surface area contributed by atoms with Crippen molar-refractivity contribution in [3.8, 4) is 0 Å². The third-order valence-electron chi connectivity index (χ3n) is 4.39. The molecule has 2 rings (SSSR count). The van der Waals surface area contributed by atoms with Gasteiger partial charge in [-0.1, -0.05) is 0 Å². The van der Waals surface area contributed by atoms with Crippen LogP contribution < -0.4 is 10.6 Å². The molecule has 10 heteroatoms. The molecule has 0 radical (unpaired) electrons. The fourth-order valence-corrected chi connectivity index (χ4v) is 3.89. The van der Waals surface area contributed by atoms with Gasteiger partial charge in [0.05, 0.1) is 31.1 Å². The highest BCUT2D eigenvalue weighted by atomic mass is 127. The summed E-state index contributed by atoms with van der Waals surface area (Å²) in [6, 6.07) is -0.0737. The minimum Gasteiger partial charge on any atom is -0.462 e. The van der Waals surface area contributed by atoms with Crippen LogP contribution in [0.3, 0.4) is 0 Å². The summed E-state index contributed by atoms with van der Waals surface area (Å²) >= 11 is 1.36. The summed E-state index contributed by atoms with van der Waals surface area (Å²) in [7, 11) is 0. The molecule has 1 aromatic heterocycles. The molecule has 0 spiro atoms. The number of hydrogen-bond donors (Lipinski definition) is 2. The average molecular weight is 554 g/mol. The monoisotopic (exact) mass is 554 g/mol. The second kappa shape index (κ2) is 14.9. The number of aromatic nitrogens is 1. The van der Waals surface area contributed by atoms with Crippen LogP contribution in [0.5, 0.6) is 0 Å². The lowest BCUT2D eigenvalue weighted by atomic mass is 10.2. The maximum Gasteiger partial charge on any atom is 0.350 e. The number of esters is 1. The van der Waals surface area contributed by atoms with Gasteiger partial charge in [-0.25, -0.2) is 9.78 Å². The van der Waals surface area contributed by atoms with Crippen LogP contribution in [-0.2, 0) is 14.2 Å². The molecule has 1 aromatic rings. The number of hydrogen-bond acceptors (Lipinski definition) is 7. The average Bonchev–Trinajstić information content (AvgIpc) is 3.34. The zero-order chi connectivity index (χ0) is 21.1. The number of ether oxygens (including phenoxy) is 3. The predicted octanol–water partition coefficient (Wildman–Crippen LogP) is 3.45. The molecular weight excluding hydrogens is 519 g/mol. The quantitative estimate of drug-likeness (QED) is 0.142. The summed E-state index contributed by atoms with van der Waals surface area (Å²) in [5.74, 6) is 0.411. The Hall–Kier alpha value is -0.980. The molecule has 30 heavy (non-hydrogen) atoms. The minimum atomic E-state index is -0.315. The Labute approximate surface area is 200 Å². The number of carbonyl (C=O) groups is 1. The van der Waals surface area contributed by atoms with Crippen LogP contribution in [0, 0.1) is 6.92 Å². The van der Waals surface area contributed by atoms with E-state index in [0.29, 0.717) is 36.9 Å². The second-order valence-electron chi connectivity index (χ2n) is 6.88. The number of nitrogens with zero attached hydrogens (tertiary/aromatic N) is 2. The fourth-order valence-electron chi connectivity index (χ4n) is 2.92. The summed E-state index contributed by atoms with van der Waals surface area (Å²) in [6.45, 7) is 11.6. The van der Waals surface area contributed by atoms with Gasteiger partial charge in [0.25, 0.3) is 0 Å². The van der Waals surface area contributed by atoms with Crippen molar-refractivity contribution in [2.45, 2.75) is 59.1 Å². The Kier molecular flexibility index (Phi) is 13.5. The molecule has 1 fully saturated rings. The van der Waals surface area contributed by atoms with Gasteiger partial charge < -0.3 is 24.8 Å². The van der Waals surface area contributed by atoms with E-state index in [1.165, 1.54) is 11.3 Å². The van der Waals surface area contributed by atoms with Gasteiger partial charge in [-0.3, -0.25) is 4.99 Å². The van der Waals surface area contributed by atoms with Crippen molar-refractivity contribution in [3.05, 3.63) is 15.6 Å². The standard InChI is InChI=1S/C20H34N4O4S.HI/c1-5-21-20(22-10-8-11-26-13-16-9-7-12-28-16)24-15(4)18-23-14(3)17(29-18)19(25)27-6-2;/h15-16H,5-13H2,1-4H3,(H2,21,22,24);1H. The fraction of sp³-hybridized carbons (Fsp3) is 0.750. The zero-order valence-electron chi connectivity index (χ0n) is 18.4. The maximum atomic E-state index is 12.0. The molecule has 2 atom stereocenters. The van der Waals surface area contributed by atoms with E-state index >= 15 is 0 Å². The first-order valence-electron chi connectivity index (χ1n) is 10.4. The van der Waals surface area contributed by atoms with Crippen molar-refractivity contribution < 1.29 is 19.0 Å². The first-order chi connectivity index (χ1) is 14.0. The Morgan fingerprint density at radius 2 is 2.23 bits per heavy atom. The molecule has 1 aliphatic rings. The largest absolute Gasteiger partial charge is 0.462 e. The molecule has 8 nitrogen and oxygen atoms in total. The Bertz CT molecular complexity index is 665. The number of nitrogens with one attached hydrogen (secondary N) is 2. The molecule has 0 aliphatic carbocycles. The van der Waals surface area contributed by atoms with Gasteiger partial charge in [0.15, 0.2) is 5.96 Å². The molecule has 0 aromatic carbocycles. The number of rotatable bonds is 11. The molecule has 0 bridgehead atoms. The van der Waals surface area contributed by atoms with E-state index in [0.717, 1.165) is 43.4 Å². The lowest BCUT2D eigenvalue weighted by Gasteiger charge is -2.16. The van der Waals surface area contributed by atoms with E-state index in [4.69, 9.17) is 14.2 Å². The van der Waals surface area contributed by atoms with Crippen molar-refractivity contribution in [3.63, 3.8) is 0 Å². The number of carbonyl (C=O) groups excluding carboxylic acids is 1. The molecule has 1 saturated heterocycles. The van der Waals surface area contributed by atoms with Crippen molar-refractivity contribution in [2.24, 2.45) is 4.99 Å². The predicted molar refractivity (Wildman–Crippen MR) is 130 cm³/mol. The highest BCUT2D eigenvalue weighted by molar-refractivity contribution is 14.0. The lowest BCUT2D eigenvalue weighted by Crippen LogP contribution is -2.38. The minimum absolute atomic E-state index is 0. The molecule has 2 unspecified atom stereocenters. The molecule has 2 heterocycles. The zero-order valence-corrected chi connectivity index (χ0v) is 21.5. The highest BCUT2D eigenvalue weighted by Crippen LogP contribution is 2.24. The molecule has 2 N–H and O–H groups in total. The SMILES string of the molecule is CCNC(=NCCCOCC1CCCO1)NC(C)c1nc(C)c(C(=O)OCC)s1.I. The maximum absolute atomic E-state index is 12.0. The van der Waals surface area contributed by atoms with Crippen molar-refractivity contribution in [2.75, 3.05) is 39.5 Å². The summed E-state index contributed by atoms with van der Waals surface area (Å²) in [5.41, 5.74) is 0.697. The first kappa shape index (κ1) is 27.1. The third-order valence-corrected chi connectivity index (χ3v) is 5.71. The van der Waals surface area contributed by atoms with Gasteiger partial charge in [0, 0.05) is 26.3 Å². The summed E-state index contributed by atoms with van der Waals surface area (Å²) < 4.78 is 16.3. The number of aliphatic imine (C=N–C) groups is 1. The van der Waals surface area contributed by atoms with Gasteiger partial charge in [0.1, 0.15) is 9.88 Å². The molecule has 0 amide bonds. The van der Waals surface area contributed by atoms with E-state index < -0.39 is 0 Å². The first-order valence-corrected chi connectivity index (χ1v) is 11.2. The number of halogens is 1. The van der Waals surface area contributed by atoms with E-state index in [-0.39, 0.29) is 42.1 Å². The summed E-state index contributed by atoms with van der Waals surface area (Å²) in [4.78, 5) is 21.7. The normalized spacial score (nSPS) is 17.3. The van der Waals surface area contributed by atoms with Crippen LogP contribution in [0.25, 0.3) is 0 Å². The number of aryl methyl sites for hydroxylation is 1. The van der Waals surface area contributed by atoms with Crippen molar-refractivity contribution in [1.29, 1.82) is 0 Å².